The van der Waals surface area contributed by atoms with Crippen LogP contribution in [0.1, 0.15) is 30.7 Å². The first-order chi connectivity index (χ1) is 11.3. The molecule has 0 spiro atoms. The summed E-state index contributed by atoms with van der Waals surface area (Å²) in [7, 11) is 0. The molecule has 0 atom stereocenters. The lowest BCUT2D eigenvalue weighted by Crippen LogP contribution is -2.11. The second-order valence-electron chi connectivity index (χ2n) is 5.42. The summed E-state index contributed by atoms with van der Waals surface area (Å²) in [5.74, 6) is 0.257. The number of hydrogen-bond acceptors (Lipinski definition) is 6. The first-order valence-corrected chi connectivity index (χ1v) is 7.15. The summed E-state index contributed by atoms with van der Waals surface area (Å²) in [4.78, 5) is 8.47. The molecule has 3 aromatic rings. The van der Waals surface area contributed by atoms with Gasteiger partial charge in [0.25, 0.3) is 0 Å². The summed E-state index contributed by atoms with van der Waals surface area (Å²) in [6.07, 6.45) is -4.27. The van der Waals surface area contributed by atoms with E-state index in [1.165, 1.54) is 12.1 Å². The largest absolute Gasteiger partial charge is 0.474 e. The Morgan fingerprint density at radius 3 is 2.25 bits per heavy atom. The smallest absolute Gasteiger partial charge is 0.416 e. The maximum Gasteiger partial charge on any atom is 0.416 e. The van der Waals surface area contributed by atoms with E-state index in [0.717, 1.165) is 12.1 Å². The van der Waals surface area contributed by atoms with Crippen molar-refractivity contribution < 1.29 is 22.5 Å². The minimum Gasteiger partial charge on any atom is -0.474 e. The molecule has 0 radical (unpaired) electrons. The monoisotopic (exact) mass is 338 g/mol. The fraction of sp³-hybridized carbons (Fsp3) is 0.333. The molecule has 126 valence electrons. The maximum absolute atomic E-state index is 12.6. The number of alkyl halides is 3. The van der Waals surface area contributed by atoms with E-state index in [1.807, 2.05) is 13.8 Å². The van der Waals surface area contributed by atoms with E-state index in [1.54, 1.807) is 0 Å². The van der Waals surface area contributed by atoms with Crippen molar-refractivity contribution in [3.63, 3.8) is 0 Å². The van der Waals surface area contributed by atoms with Crippen molar-refractivity contribution in [3.05, 3.63) is 41.1 Å². The van der Waals surface area contributed by atoms with Gasteiger partial charge in [-0.1, -0.05) is 12.1 Å². The third-order valence-electron chi connectivity index (χ3n) is 3.15. The molecule has 0 aliphatic carbocycles. The van der Waals surface area contributed by atoms with Gasteiger partial charge in [-0.05, 0) is 41.9 Å². The zero-order valence-corrected chi connectivity index (χ0v) is 12.8. The van der Waals surface area contributed by atoms with Crippen molar-refractivity contribution in [2.75, 3.05) is 0 Å². The number of halogens is 3. The van der Waals surface area contributed by atoms with Crippen molar-refractivity contribution in [1.29, 1.82) is 0 Å². The van der Waals surface area contributed by atoms with Crippen LogP contribution in [0.4, 0.5) is 13.2 Å². The van der Waals surface area contributed by atoms with Crippen LogP contribution in [0.25, 0.3) is 11.3 Å². The highest BCUT2D eigenvalue weighted by atomic mass is 19.4. The maximum atomic E-state index is 12.6. The topological polar surface area (TPSA) is 73.9 Å². The Labute approximate surface area is 134 Å². The van der Waals surface area contributed by atoms with Gasteiger partial charge in [0.1, 0.15) is 5.69 Å². The van der Waals surface area contributed by atoms with Crippen molar-refractivity contribution >= 4 is 11.3 Å². The lowest BCUT2D eigenvalue weighted by molar-refractivity contribution is -0.137. The molecular formula is C15H13F3N4O2. The number of rotatable bonds is 4. The highest BCUT2D eigenvalue weighted by molar-refractivity contribution is 5.64. The fourth-order valence-electron chi connectivity index (χ4n) is 2.09. The third kappa shape index (κ3) is 3.44. The lowest BCUT2D eigenvalue weighted by Gasteiger charge is -2.12. The molecule has 0 saturated carbocycles. The normalized spacial score (nSPS) is 12.1. The Morgan fingerprint density at radius 2 is 1.67 bits per heavy atom. The van der Waals surface area contributed by atoms with Crippen LogP contribution in [0.15, 0.2) is 28.9 Å². The predicted molar refractivity (Wildman–Crippen MR) is 77.4 cm³/mol. The van der Waals surface area contributed by atoms with Crippen molar-refractivity contribution in [2.45, 2.75) is 32.5 Å². The van der Waals surface area contributed by atoms with Crippen molar-refractivity contribution in [2.24, 2.45) is 0 Å². The summed E-state index contributed by atoms with van der Waals surface area (Å²) < 4.78 is 48.1. The second-order valence-corrected chi connectivity index (χ2v) is 5.42. The van der Waals surface area contributed by atoms with E-state index >= 15 is 0 Å². The predicted octanol–water partition coefficient (Wildman–Crippen LogP) is 3.41. The SMILES string of the molecule is CC(C)Oc1nc2nonc2nc1Cc1ccc(C(F)(F)F)cc1. The second kappa shape index (κ2) is 6.06. The van der Waals surface area contributed by atoms with Gasteiger partial charge in [0.2, 0.25) is 17.2 Å². The average Bonchev–Trinajstić information content (AvgIpc) is 2.93. The molecule has 0 unspecified atom stereocenters. The summed E-state index contributed by atoms with van der Waals surface area (Å²) in [5.41, 5.74) is 0.815. The van der Waals surface area contributed by atoms with Crippen LogP contribution in [0.3, 0.4) is 0 Å². The van der Waals surface area contributed by atoms with E-state index in [0.29, 0.717) is 11.3 Å². The van der Waals surface area contributed by atoms with E-state index in [4.69, 9.17) is 4.74 Å². The molecule has 0 amide bonds. The van der Waals surface area contributed by atoms with Gasteiger partial charge in [-0.25, -0.2) is 9.61 Å². The van der Waals surface area contributed by atoms with E-state index in [9.17, 15) is 13.2 Å². The quantitative estimate of drug-likeness (QED) is 0.726. The van der Waals surface area contributed by atoms with E-state index in [2.05, 4.69) is 24.9 Å². The number of hydrogen-bond donors (Lipinski definition) is 0. The molecule has 0 fully saturated rings. The van der Waals surface area contributed by atoms with Crippen LogP contribution in [-0.4, -0.2) is 26.4 Å². The van der Waals surface area contributed by atoms with Gasteiger partial charge in [-0.3, -0.25) is 0 Å². The molecule has 0 saturated heterocycles. The van der Waals surface area contributed by atoms with Crippen LogP contribution in [0.5, 0.6) is 5.88 Å². The molecular weight excluding hydrogens is 325 g/mol. The standard InChI is InChI=1S/C15H13F3N4O2/c1-8(2)23-14-11(19-12-13(20-14)22-24-21-12)7-9-3-5-10(6-4-9)15(16,17)18/h3-6,8H,7H2,1-2H3. The minimum atomic E-state index is -4.37. The Balaban J connectivity index is 1.93. The van der Waals surface area contributed by atoms with Crippen LogP contribution >= 0.6 is 0 Å². The van der Waals surface area contributed by atoms with Gasteiger partial charge in [-0.15, -0.1) is 0 Å². The first kappa shape index (κ1) is 16.2. The average molecular weight is 338 g/mol. The van der Waals surface area contributed by atoms with Crippen LogP contribution in [0, 0.1) is 0 Å². The van der Waals surface area contributed by atoms with Gasteiger partial charge in [-0.2, -0.15) is 18.2 Å². The summed E-state index contributed by atoms with van der Waals surface area (Å²) in [5, 5.41) is 7.23. The third-order valence-corrected chi connectivity index (χ3v) is 3.15. The van der Waals surface area contributed by atoms with Crippen molar-refractivity contribution in [1.82, 2.24) is 20.3 Å². The molecule has 0 N–H and O–H groups in total. The molecule has 6 nitrogen and oxygen atoms in total. The van der Waals surface area contributed by atoms with E-state index in [-0.39, 0.29) is 29.7 Å². The van der Waals surface area contributed by atoms with E-state index < -0.39 is 11.7 Å². The number of aromatic nitrogens is 4. The molecule has 24 heavy (non-hydrogen) atoms. The highest BCUT2D eigenvalue weighted by Gasteiger charge is 2.30. The Kier molecular flexibility index (Phi) is 4.08. The van der Waals surface area contributed by atoms with Crippen molar-refractivity contribution in [3.8, 4) is 5.88 Å². The molecule has 0 aliphatic heterocycles. The fourth-order valence-corrected chi connectivity index (χ4v) is 2.09. The van der Waals surface area contributed by atoms with Gasteiger partial charge < -0.3 is 4.74 Å². The van der Waals surface area contributed by atoms with Gasteiger partial charge in [0, 0.05) is 6.42 Å². The Morgan fingerprint density at radius 1 is 1.04 bits per heavy atom. The minimum absolute atomic E-state index is 0.150. The molecule has 2 aromatic heterocycles. The number of fused-ring (bicyclic) bond motifs is 1. The summed E-state index contributed by atoms with van der Waals surface area (Å²) >= 11 is 0. The molecule has 1 aromatic carbocycles. The summed E-state index contributed by atoms with van der Waals surface area (Å²) in [6.45, 7) is 3.66. The lowest BCUT2D eigenvalue weighted by atomic mass is 10.1. The molecule has 0 aliphatic rings. The zero-order valence-electron chi connectivity index (χ0n) is 12.8. The van der Waals surface area contributed by atoms with Crippen LogP contribution in [-0.2, 0) is 12.6 Å². The molecule has 2 heterocycles. The van der Waals surface area contributed by atoms with Gasteiger partial charge in [0.15, 0.2) is 0 Å². The zero-order chi connectivity index (χ0) is 17.3. The Bertz CT molecular complexity index is 844. The highest BCUT2D eigenvalue weighted by Crippen LogP contribution is 2.29. The van der Waals surface area contributed by atoms with Crippen LogP contribution < -0.4 is 4.74 Å². The molecule has 3 rings (SSSR count). The first-order valence-electron chi connectivity index (χ1n) is 7.15. The van der Waals surface area contributed by atoms with Gasteiger partial charge >= 0.3 is 6.18 Å². The van der Waals surface area contributed by atoms with Gasteiger partial charge in [0.05, 0.1) is 11.7 Å². The molecule has 0 bridgehead atoms. The number of benzene rings is 1. The molecule has 9 heteroatoms. The Hall–Kier alpha value is -2.71. The number of nitrogens with zero attached hydrogens (tertiary/aromatic N) is 4. The summed E-state index contributed by atoms with van der Waals surface area (Å²) in [6, 6.07) is 4.85. The van der Waals surface area contributed by atoms with Crippen LogP contribution in [0.2, 0.25) is 0 Å². The number of ether oxygens (including phenoxy) is 1.